The van der Waals surface area contributed by atoms with E-state index in [9.17, 15) is 8.42 Å². The van der Waals surface area contributed by atoms with Crippen LogP contribution in [-0.4, -0.2) is 37.0 Å². The molecule has 98 valence electrons. The molecule has 7 heteroatoms. The first kappa shape index (κ1) is 14.1. The third kappa shape index (κ3) is 4.84. The molecule has 0 radical (unpaired) electrons. The number of hydrogen-bond donors (Lipinski definition) is 2. The SMILES string of the molecule is CCNS(=O)(=O)CCNCc1ccnn1CC. The van der Waals surface area contributed by atoms with Crippen LogP contribution in [0.2, 0.25) is 0 Å². The molecule has 1 aromatic heterocycles. The Morgan fingerprint density at radius 2 is 2.18 bits per heavy atom. The second-order valence-electron chi connectivity index (χ2n) is 3.63. The average molecular weight is 260 g/mol. The van der Waals surface area contributed by atoms with E-state index in [1.54, 1.807) is 13.1 Å². The molecule has 0 fully saturated rings. The topological polar surface area (TPSA) is 76.0 Å². The predicted octanol–water partition coefficient (Wildman–Crippen LogP) is -0.0681. The summed E-state index contributed by atoms with van der Waals surface area (Å²) < 4.78 is 27.0. The third-order valence-electron chi connectivity index (χ3n) is 2.32. The highest BCUT2D eigenvalue weighted by molar-refractivity contribution is 7.89. The van der Waals surface area contributed by atoms with E-state index in [-0.39, 0.29) is 5.75 Å². The summed E-state index contributed by atoms with van der Waals surface area (Å²) in [5.41, 5.74) is 1.06. The van der Waals surface area contributed by atoms with Crippen LogP contribution in [0.5, 0.6) is 0 Å². The smallest absolute Gasteiger partial charge is 0.212 e. The lowest BCUT2D eigenvalue weighted by Gasteiger charge is -2.07. The molecular formula is C10H20N4O2S. The first-order valence-electron chi connectivity index (χ1n) is 5.77. The van der Waals surface area contributed by atoms with Gasteiger partial charge in [0, 0.05) is 32.4 Å². The van der Waals surface area contributed by atoms with Crippen molar-refractivity contribution >= 4 is 10.0 Å². The van der Waals surface area contributed by atoms with Crippen LogP contribution in [0.15, 0.2) is 12.3 Å². The van der Waals surface area contributed by atoms with Crippen molar-refractivity contribution in [1.29, 1.82) is 0 Å². The van der Waals surface area contributed by atoms with Gasteiger partial charge in [-0.1, -0.05) is 6.92 Å². The molecule has 0 saturated heterocycles. The van der Waals surface area contributed by atoms with Crippen molar-refractivity contribution in [2.75, 3.05) is 18.8 Å². The van der Waals surface area contributed by atoms with Gasteiger partial charge in [-0.15, -0.1) is 0 Å². The fourth-order valence-corrected chi connectivity index (χ4v) is 2.51. The van der Waals surface area contributed by atoms with Crippen LogP contribution in [0.1, 0.15) is 19.5 Å². The van der Waals surface area contributed by atoms with Crippen molar-refractivity contribution in [2.45, 2.75) is 26.9 Å². The van der Waals surface area contributed by atoms with Crippen LogP contribution >= 0.6 is 0 Å². The van der Waals surface area contributed by atoms with Crippen molar-refractivity contribution < 1.29 is 8.42 Å². The molecule has 0 spiro atoms. The van der Waals surface area contributed by atoms with Gasteiger partial charge in [0.15, 0.2) is 0 Å². The quantitative estimate of drug-likeness (QED) is 0.642. The largest absolute Gasteiger partial charge is 0.310 e. The molecule has 17 heavy (non-hydrogen) atoms. The first-order valence-corrected chi connectivity index (χ1v) is 7.43. The van der Waals surface area contributed by atoms with Gasteiger partial charge in [0.1, 0.15) is 0 Å². The van der Waals surface area contributed by atoms with Crippen LogP contribution in [0.3, 0.4) is 0 Å². The van der Waals surface area contributed by atoms with Gasteiger partial charge in [-0.25, -0.2) is 13.1 Å². The number of sulfonamides is 1. The Hall–Kier alpha value is -0.920. The van der Waals surface area contributed by atoms with E-state index in [2.05, 4.69) is 15.1 Å². The summed E-state index contributed by atoms with van der Waals surface area (Å²) in [7, 11) is -3.12. The third-order valence-corrected chi connectivity index (χ3v) is 3.79. The van der Waals surface area contributed by atoms with Crippen LogP contribution < -0.4 is 10.0 Å². The van der Waals surface area contributed by atoms with Crippen molar-refractivity contribution in [1.82, 2.24) is 19.8 Å². The van der Waals surface area contributed by atoms with Crippen LogP contribution in [0, 0.1) is 0 Å². The summed E-state index contributed by atoms with van der Waals surface area (Å²) in [6.45, 7) is 6.11. The summed E-state index contributed by atoms with van der Waals surface area (Å²) in [5, 5.41) is 7.23. The number of aryl methyl sites for hydroxylation is 1. The maximum Gasteiger partial charge on any atom is 0.212 e. The lowest BCUT2D eigenvalue weighted by atomic mass is 10.4. The van der Waals surface area contributed by atoms with Crippen molar-refractivity contribution in [3.05, 3.63) is 18.0 Å². The highest BCUT2D eigenvalue weighted by atomic mass is 32.2. The second kappa shape index (κ2) is 6.73. The molecule has 1 aromatic rings. The Balaban J connectivity index is 2.29. The summed E-state index contributed by atoms with van der Waals surface area (Å²) in [6, 6.07) is 1.93. The lowest BCUT2D eigenvalue weighted by Crippen LogP contribution is -2.31. The minimum absolute atomic E-state index is 0.0983. The normalized spacial score (nSPS) is 11.9. The Labute approximate surface area is 102 Å². The van der Waals surface area contributed by atoms with E-state index in [0.29, 0.717) is 19.6 Å². The van der Waals surface area contributed by atoms with E-state index >= 15 is 0 Å². The molecule has 0 saturated carbocycles. The van der Waals surface area contributed by atoms with Gasteiger partial charge in [0.2, 0.25) is 10.0 Å². The number of aromatic nitrogens is 2. The molecule has 0 atom stereocenters. The molecule has 0 aliphatic carbocycles. The summed E-state index contributed by atoms with van der Waals surface area (Å²) in [6.07, 6.45) is 1.75. The van der Waals surface area contributed by atoms with Gasteiger partial charge >= 0.3 is 0 Å². The fourth-order valence-electron chi connectivity index (χ4n) is 1.51. The highest BCUT2D eigenvalue weighted by Crippen LogP contribution is 1.97. The Bertz CT molecular complexity index is 427. The lowest BCUT2D eigenvalue weighted by molar-refractivity contribution is 0.570. The van der Waals surface area contributed by atoms with Gasteiger partial charge in [-0.05, 0) is 13.0 Å². The number of rotatable bonds is 8. The number of hydrogen-bond acceptors (Lipinski definition) is 4. The van der Waals surface area contributed by atoms with Crippen molar-refractivity contribution in [3.8, 4) is 0 Å². The van der Waals surface area contributed by atoms with E-state index in [1.807, 2.05) is 17.7 Å². The van der Waals surface area contributed by atoms with Crippen LogP contribution in [0.4, 0.5) is 0 Å². The molecule has 1 heterocycles. The zero-order chi connectivity index (χ0) is 12.7. The molecule has 0 bridgehead atoms. The van der Waals surface area contributed by atoms with E-state index in [1.165, 1.54) is 0 Å². The maximum absolute atomic E-state index is 11.3. The molecular weight excluding hydrogens is 240 g/mol. The standard InChI is InChI=1S/C10H20N4O2S/c1-3-13-17(15,16)8-7-11-9-10-5-6-12-14(10)4-2/h5-6,11,13H,3-4,7-9H2,1-2H3. The Morgan fingerprint density at radius 3 is 2.82 bits per heavy atom. The zero-order valence-electron chi connectivity index (χ0n) is 10.3. The minimum Gasteiger partial charge on any atom is -0.310 e. The van der Waals surface area contributed by atoms with Gasteiger partial charge in [-0.2, -0.15) is 5.10 Å². The van der Waals surface area contributed by atoms with E-state index in [4.69, 9.17) is 0 Å². The van der Waals surface area contributed by atoms with Crippen LogP contribution in [0.25, 0.3) is 0 Å². The van der Waals surface area contributed by atoms with Gasteiger partial charge in [0.25, 0.3) is 0 Å². The van der Waals surface area contributed by atoms with Crippen LogP contribution in [-0.2, 0) is 23.1 Å². The average Bonchev–Trinajstić information content (AvgIpc) is 2.71. The number of nitrogens with one attached hydrogen (secondary N) is 2. The molecule has 0 amide bonds. The molecule has 0 aliphatic rings. The first-order chi connectivity index (χ1) is 8.09. The summed E-state index contributed by atoms with van der Waals surface area (Å²) >= 11 is 0. The van der Waals surface area contributed by atoms with E-state index < -0.39 is 10.0 Å². The molecule has 6 nitrogen and oxygen atoms in total. The monoisotopic (exact) mass is 260 g/mol. The summed E-state index contributed by atoms with van der Waals surface area (Å²) in [4.78, 5) is 0. The molecule has 0 aromatic carbocycles. The Kier molecular flexibility index (Phi) is 5.60. The second-order valence-corrected chi connectivity index (χ2v) is 5.56. The molecule has 1 rings (SSSR count). The molecule has 0 aliphatic heterocycles. The summed E-state index contributed by atoms with van der Waals surface area (Å²) in [5.74, 6) is 0.0983. The van der Waals surface area contributed by atoms with Gasteiger partial charge in [0.05, 0.1) is 11.4 Å². The minimum atomic E-state index is -3.12. The van der Waals surface area contributed by atoms with Gasteiger partial charge < -0.3 is 5.32 Å². The zero-order valence-corrected chi connectivity index (χ0v) is 11.1. The molecule has 0 unspecified atom stereocenters. The van der Waals surface area contributed by atoms with Gasteiger partial charge in [-0.3, -0.25) is 4.68 Å². The number of nitrogens with zero attached hydrogens (tertiary/aromatic N) is 2. The predicted molar refractivity (Wildman–Crippen MR) is 67.1 cm³/mol. The van der Waals surface area contributed by atoms with Crippen molar-refractivity contribution in [2.24, 2.45) is 0 Å². The molecule has 2 N–H and O–H groups in total. The van der Waals surface area contributed by atoms with E-state index in [0.717, 1.165) is 12.2 Å². The Morgan fingerprint density at radius 1 is 1.41 bits per heavy atom. The highest BCUT2D eigenvalue weighted by Gasteiger charge is 2.07. The fraction of sp³-hybridized carbons (Fsp3) is 0.700. The maximum atomic E-state index is 11.3. The van der Waals surface area contributed by atoms with Crippen molar-refractivity contribution in [3.63, 3.8) is 0 Å².